The molecule has 2 unspecified atom stereocenters. The van der Waals surface area contributed by atoms with Crippen LogP contribution in [0.25, 0.3) is 0 Å². The van der Waals surface area contributed by atoms with Crippen molar-refractivity contribution in [1.82, 2.24) is 14.7 Å². The van der Waals surface area contributed by atoms with Crippen LogP contribution >= 0.6 is 0 Å². The van der Waals surface area contributed by atoms with E-state index in [9.17, 15) is 10.0 Å². The topological polar surface area (TPSA) is 68.9 Å². The molecule has 0 aliphatic carbocycles. The molecular formula is C18H25N5O2. The molecule has 0 radical (unpaired) electrons. The SMILES string of the molecule is Cc1nn(C)c2c1C(c1ccccc1)[NH+]([O-])CC(=O)N2CCN(C)C. The maximum Gasteiger partial charge on any atom is 0.283 e. The lowest BCUT2D eigenvalue weighted by atomic mass is 9.98. The molecule has 134 valence electrons. The minimum atomic E-state index is -0.446. The highest BCUT2D eigenvalue weighted by atomic mass is 16.5. The first-order valence-corrected chi connectivity index (χ1v) is 8.46. The lowest BCUT2D eigenvalue weighted by Crippen LogP contribution is -3.08. The number of hydroxylamine groups is 2. The number of aryl methyl sites for hydroxylation is 2. The van der Waals surface area contributed by atoms with Crippen molar-refractivity contribution in [3.05, 3.63) is 52.4 Å². The smallest absolute Gasteiger partial charge is 0.283 e. The fourth-order valence-corrected chi connectivity index (χ4v) is 3.47. The van der Waals surface area contributed by atoms with Gasteiger partial charge < -0.3 is 15.2 Å². The quantitative estimate of drug-likeness (QED) is 0.800. The van der Waals surface area contributed by atoms with Crippen LogP contribution < -0.4 is 9.96 Å². The van der Waals surface area contributed by atoms with Gasteiger partial charge in [0.2, 0.25) is 0 Å². The van der Waals surface area contributed by atoms with Crippen molar-refractivity contribution in [2.45, 2.75) is 13.0 Å². The second-order valence-electron chi connectivity index (χ2n) is 6.78. The zero-order valence-corrected chi connectivity index (χ0v) is 15.2. The van der Waals surface area contributed by atoms with Crippen molar-refractivity contribution in [2.75, 3.05) is 38.6 Å². The van der Waals surface area contributed by atoms with Gasteiger partial charge in [0.05, 0.1) is 11.3 Å². The molecule has 1 aliphatic rings. The minimum absolute atomic E-state index is 0.0686. The normalized spacial score (nSPS) is 20.7. The average Bonchev–Trinajstić information content (AvgIpc) is 2.77. The lowest BCUT2D eigenvalue weighted by Gasteiger charge is -2.29. The third-order valence-electron chi connectivity index (χ3n) is 4.63. The van der Waals surface area contributed by atoms with E-state index in [1.54, 1.807) is 9.58 Å². The Bertz CT molecular complexity index is 756. The third kappa shape index (κ3) is 3.30. The fraction of sp³-hybridized carbons (Fsp3) is 0.444. The van der Waals surface area contributed by atoms with E-state index < -0.39 is 6.04 Å². The van der Waals surface area contributed by atoms with Gasteiger partial charge in [0.15, 0.2) is 6.54 Å². The van der Waals surface area contributed by atoms with Crippen LogP contribution in [0.5, 0.6) is 0 Å². The second-order valence-corrected chi connectivity index (χ2v) is 6.78. The number of anilines is 1. The van der Waals surface area contributed by atoms with E-state index in [1.807, 2.05) is 63.3 Å². The van der Waals surface area contributed by atoms with Gasteiger partial charge >= 0.3 is 0 Å². The Labute approximate surface area is 148 Å². The van der Waals surface area contributed by atoms with Gasteiger partial charge in [-0.15, -0.1) is 0 Å². The standard InChI is InChI=1S/C18H25N5O2/c1-13-16-17(14-8-6-5-7-9-14)23(25)12-15(24)22(11-10-20(2)3)18(16)21(4)19-13/h5-9,17,23H,10-12H2,1-4H3. The number of fused-ring (bicyclic) bond motifs is 1. The van der Waals surface area contributed by atoms with E-state index in [0.717, 1.165) is 29.2 Å². The molecule has 3 rings (SSSR count). The van der Waals surface area contributed by atoms with Gasteiger partial charge in [-0.25, -0.2) is 0 Å². The van der Waals surface area contributed by atoms with Gasteiger partial charge in [-0.05, 0) is 21.0 Å². The number of carbonyl (C=O) groups is 1. The molecule has 0 saturated heterocycles. The van der Waals surface area contributed by atoms with Crippen molar-refractivity contribution in [3.63, 3.8) is 0 Å². The molecule has 1 amide bonds. The molecule has 1 aliphatic heterocycles. The number of benzene rings is 1. The van der Waals surface area contributed by atoms with Gasteiger partial charge in [-0.1, -0.05) is 30.3 Å². The highest BCUT2D eigenvalue weighted by Gasteiger charge is 2.38. The summed E-state index contributed by atoms with van der Waals surface area (Å²) < 4.78 is 1.73. The van der Waals surface area contributed by atoms with E-state index in [0.29, 0.717) is 6.54 Å². The summed E-state index contributed by atoms with van der Waals surface area (Å²) in [5.41, 5.74) is 2.56. The number of carbonyl (C=O) groups excluding carboxylic acids is 1. The lowest BCUT2D eigenvalue weighted by molar-refractivity contribution is -0.866. The Kier molecular flexibility index (Phi) is 4.89. The van der Waals surface area contributed by atoms with Crippen molar-refractivity contribution in [3.8, 4) is 0 Å². The highest BCUT2D eigenvalue weighted by Crippen LogP contribution is 2.33. The number of hydrogen-bond donors (Lipinski definition) is 1. The van der Waals surface area contributed by atoms with Gasteiger partial charge in [-0.3, -0.25) is 14.4 Å². The summed E-state index contributed by atoms with van der Waals surface area (Å²) in [4.78, 5) is 16.5. The Morgan fingerprint density at radius 1 is 1.32 bits per heavy atom. The summed E-state index contributed by atoms with van der Waals surface area (Å²) in [6.45, 7) is 3.08. The molecule has 7 nitrogen and oxygen atoms in total. The Morgan fingerprint density at radius 3 is 2.64 bits per heavy atom. The van der Waals surface area contributed by atoms with Gasteiger partial charge in [0, 0.05) is 25.7 Å². The summed E-state index contributed by atoms with van der Waals surface area (Å²) in [7, 11) is 5.77. The number of rotatable bonds is 4. The zero-order chi connectivity index (χ0) is 18.1. The van der Waals surface area contributed by atoms with Crippen molar-refractivity contribution in [2.24, 2.45) is 7.05 Å². The van der Waals surface area contributed by atoms with E-state index in [1.165, 1.54) is 0 Å². The number of likely N-dealkylation sites (N-methyl/N-ethyl adjacent to an activating group) is 1. The summed E-state index contributed by atoms with van der Waals surface area (Å²) in [6, 6.07) is 9.21. The Balaban J connectivity index is 2.13. The number of hydrogen-bond acceptors (Lipinski definition) is 4. The zero-order valence-electron chi connectivity index (χ0n) is 15.2. The van der Waals surface area contributed by atoms with Crippen LogP contribution in [0.3, 0.4) is 0 Å². The highest BCUT2D eigenvalue weighted by molar-refractivity contribution is 5.94. The molecule has 1 aromatic heterocycles. The number of aromatic nitrogens is 2. The van der Waals surface area contributed by atoms with Crippen molar-refractivity contribution >= 4 is 11.7 Å². The Hall–Kier alpha value is -2.22. The van der Waals surface area contributed by atoms with E-state index in [-0.39, 0.29) is 17.5 Å². The monoisotopic (exact) mass is 343 g/mol. The molecule has 2 atom stereocenters. The summed E-state index contributed by atoms with van der Waals surface area (Å²) >= 11 is 0. The second kappa shape index (κ2) is 6.95. The van der Waals surface area contributed by atoms with Crippen LogP contribution in [0.2, 0.25) is 0 Å². The third-order valence-corrected chi connectivity index (χ3v) is 4.63. The van der Waals surface area contributed by atoms with Crippen LogP contribution in [0.1, 0.15) is 22.9 Å². The van der Waals surface area contributed by atoms with Crippen LogP contribution in [0.15, 0.2) is 30.3 Å². The number of nitrogens with zero attached hydrogens (tertiary/aromatic N) is 4. The first-order valence-electron chi connectivity index (χ1n) is 8.46. The molecule has 0 fully saturated rings. The first-order chi connectivity index (χ1) is 11.9. The summed E-state index contributed by atoms with van der Waals surface area (Å²) in [5.74, 6) is 0.582. The predicted octanol–water partition coefficient (Wildman–Crippen LogP) is 0.109. The largest absolute Gasteiger partial charge is 0.633 e. The van der Waals surface area contributed by atoms with Crippen molar-refractivity contribution < 1.29 is 9.86 Å². The first kappa shape index (κ1) is 17.6. The van der Waals surface area contributed by atoms with Crippen LogP contribution in [0.4, 0.5) is 5.82 Å². The molecule has 25 heavy (non-hydrogen) atoms. The molecular weight excluding hydrogens is 318 g/mol. The molecule has 0 bridgehead atoms. The summed E-state index contributed by atoms with van der Waals surface area (Å²) in [5, 5.41) is 17.4. The number of quaternary nitrogens is 1. The summed E-state index contributed by atoms with van der Waals surface area (Å²) in [6.07, 6.45) is 0. The number of nitrogens with one attached hydrogen (secondary N) is 1. The van der Waals surface area contributed by atoms with Gasteiger partial charge in [-0.2, -0.15) is 5.10 Å². The van der Waals surface area contributed by atoms with E-state index in [4.69, 9.17) is 0 Å². The molecule has 0 spiro atoms. The van der Waals surface area contributed by atoms with Crippen LogP contribution in [-0.2, 0) is 11.8 Å². The van der Waals surface area contributed by atoms with Crippen LogP contribution in [0, 0.1) is 12.1 Å². The van der Waals surface area contributed by atoms with Gasteiger partial charge in [0.1, 0.15) is 11.9 Å². The maximum absolute atomic E-state index is 12.9. The maximum atomic E-state index is 12.9. The van der Waals surface area contributed by atoms with E-state index in [2.05, 4.69) is 5.10 Å². The molecule has 1 N–H and O–H groups in total. The van der Waals surface area contributed by atoms with E-state index >= 15 is 0 Å². The predicted molar refractivity (Wildman–Crippen MR) is 96.3 cm³/mol. The molecule has 1 aromatic carbocycles. The fourth-order valence-electron chi connectivity index (χ4n) is 3.47. The van der Waals surface area contributed by atoms with Crippen molar-refractivity contribution in [1.29, 1.82) is 0 Å². The molecule has 2 aromatic rings. The van der Waals surface area contributed by atoms with Gasteiger partial charge in [0.25, 0.3) is 5.91 Å². The average molecular weight is 343 g/mol. The molecule has 2 heterocycles. The molecule has 7 heteroatoms. The molecule has 0 saturated carbocycles. The number of amides is 1. The minimum Gasteiger partial charge on any atom is -0.633 e. The van der Waals surface area contributed by atoms with Crippen LogP contribution in [-0.4, -0.2) is 54.3 Å². The Morgan fingerprint density at radius 2 is 2.00 bits per heavy atom.